The van der Waals surface area contributed by atoms with E-state index in [-0.39, 0.29) is 18.0 Å². The van der Waals surface area contributed by atoms with Crippen molar-refractivity contribution in [3.8, 4) is 22.6 Å². The Hall–Kier alpha value is -4.39. The van der Waals surface area contributed by atoms with E-state index in [0.29, 0.717) is 18.8 Å². The Labute approximate surface area is 260 Å². The Kier molecular flexibility index (Phi) is 9.40. The summed E-state index contributed by atoms with van der Waals surface area (Å²) in [6.07, 6.45) is 5.93. The van der Waals surface area contributed by atoms with Crippen molar-refractivity contribution in [1.29, 1.82) is 0 Å². The van der Waals surface area contributed by atoms with Crippen LogP contribution in [0, 0.1) is 0 Å². The first kappa shape index (κ1) is 29.7. The first-order chi connectivity index (χ1) is 21.6. The molecule has 2 atom stereocenters. The molecule has 0 aromatic heterocycles. The van der Waals surface area contributed by atoms with Crippen molar-refractivity contribution in [3.05, 3.63) is 125 Å². The van der Waals surface area contributed by atoms with Crippen molar-refractivity contribution in [3.63, 3.8) is 0 Å². The molecule has 4 aromatic rings. The number of nitrogens with zero attached hydrogens (tertiary/aromatic N) is 2. The van der Waals surface area contributed by atoms with E-state index in [0.717, 1.165) is 43.8 Å². The number of rotatable bonds is 10. The Bertz CT molecular complexity index is 1570. The van der Waals surface area contributed by atoms with Gasteiger partial charge in [-0.2, -0.15) is 0 Å². The quantitative estimate of drug-likeness (QED) is 0.239. The van der Waals surface area contributed by atoms with Crippen LogP contribution in [0.15, 0.2) is 103 Å². The molecule has 1 amide bonds. The number of carbonyl (C=O) groups is 1. The highest BCUT2D eigenvalue weighted by Crippen LogP contribution is 2.34. The highest BCUT2D eigenvalue weighted by molar-refractivity contribution is 5.83. The molecule has 0 aliphatic carbocycles. The van der Waals surface area contributed by atoms with Crippen LogP contribution in [0.25, 0.3) is 17.2 Å². The van der Waals surface area contributed by atoms with Gasteiger partial charge in [0.15, 0.2) is 11.5 Å². The third-order valence-corrected chi connectivity index (χ3v) is 8.82. The lowest BCUT2D eigenvalue weighted by atomic mass is 9.98. The van der Waals surface area contributed by atoms with Crippen LogP contribution < -0.4 is 14.8 Å². The van der Waals surface area contributed by atoms with Gasteiger partial charge in [0.1, 0.15) is 0 Å². The zero-order valence-electron chi connectivity index (χ0n) is 25.6. The lowest BCUT2D eigenvalue weighted by molar-refractivity contribution is -0.136. The number of hydrogen-bond donors (Lipinski definition) is 1. The molecule has 6 rings (SSSR count). The Morgan fingerprint density at radius 3 is 2.23 bits per heavy atom. The molecule has 1 N–H and O–H groups in total. The van der Waals surface area contributed by atoms with Crippen molar-refractivity contribution in [2.24, 2.45) is 0 Å². The van der Waals surface area contributed by atoms with Gasteiger partial charge in [0.2, 0.25) is 5.91 Å². The van der Waals surface area contributed by atoms with Crippen LogP contribution in [0.5, 0.6) is 11.5 Å². The van der Waals surface area contributed by atoms with E-state index in [1.807, 2.05) is 35.2 Å². The first-order valence-corrected chi connectivity index (χ1v) is 15.5. The van der Waals surface area contributed by atoms with Crippen molar-refractivity contribution in [1.82, 2.24) is 15.1 Å². The number of fused-ring (bicyclic) bond motifs is 1. The minimum absolute atomic E-state index is 0.171. The normalized spacial score (nSPS) is 18.4. The number of nitrogens with one attached hydrogen (secondary N) is 1. The molecule has 6 heteroatoms. The van der Waals surface area contributed by atoms with Crippen LogP contribution in [-0.2, 0) is 24.3 Å². The SMILES string of the molecule is COc1cc2c(cc1OC)CN(C(=O)[C@@H]1C[C@@H](NCc3ccc(-c4ccccc4)cc3)CN1C/C=C/c1ccccc1)CC2. The maximum atomic E-state index is 14.1. The van der Waals surface area contributed by atoms with E-state index in [1.165, 1.54) is 27.8 Å². The van der Waals surface area contributed by atoms with E-state index < -0.39 is 0 Å². The molecule has 2 aliphatic rings. The minimum atomic E-state index is -0.171. The number of hydrogen-bond acceptors (Lipinski definition) is 5. The number of methoxy groups -OCH3 is 2. The van der Waals surface area contributed by atoms with Gasteiger partial charge in [-0.3, -0.25) is 9.69 Å². The van der Waals surface area contributed by atoms with Gasteiger partial charge in [-0.25, -0.2) is 0 Å². The highest BCUT2D eigenvalue weighted by atomic mass is 16.5. The van der Waals surface area contributed by atoms with Crippen LogP contribution in [0.1, 0.15) is 28.7 Å². The monoisotopic (exact) mass is 587 g/mol. The zero-order valence-corrected chi connectivity index (χ0v) is 25.6. The fourth-order valence-corrected chi connectivity index (χ4v) is 6.39. The number of likely N-dealkylation sites (tertiary alicyclic amines) is 1. The first-order valence-electron chi connectivity index (χ1n) is 15.5. The predicted octanol–water partition coefficient (Wildman–Crippen LogP) is 6.20. The Balaban J connectivity index is 1.14. The maximum absolute atomic E-state index is 14.1. The van der Waals surface area contributed by atoms with E-state index in [9.17, 15) is 4.79 Å². The summed E-state index contributed by atoms with van der Waals surface area (Å²) in [5, 5.41) is 3.76. The molecule has 6 nitrogen and oxygen atoms in total. The van der Waals surface area contributed by atoms with E-state index in [2.05, 4.69) is 89.1 Å². The smallest absolute Gasteiger partial charge is 0.240 e. The average Bonchev–Trinajstić information content (AvgIpc) is 3.50. The Morgan fingerprint density at radius 1 is 0.864 bits per heavy atom. The molecule has 0 spiro atoms. The standard InChI is InChI=1S/C38H41N3O3/c1-43-36-22-32-19-21-41(26-33(32)23-37(36)44-2)38(42)35-24-34(27-40(35)20-9-12-28-10-5-3-6-11-28)39-25-29-15-17-31(18-16-29)30-13-7-4-8-14-30/h3-18,22-23,34-35,39H,19-21,24-27H2,1-2H3/b12-9+/t34-,35+/m1/s1. The van der Waals surface area contributed by atoms with Crippen LogP contribution >= 0.6 is 0 Å². The maximum Gasteiger partial charge on any atom is 0.240 e. The van der Waals surface area contributed by atoms with E-state index in [4.69, 9.17) is 9.47 Å². The van der Waals surface area contributed by atoms with Gasteiger partial charge in [-0.05, 0) is 58.4 Å². The summed E-state index contributed by atoms with van der Waals surface area (Å²) < 4.78 is 11.1. The molecule has 4 aromatic carbocycles. The van der Waals surface area contributed by atoms with Gasteiger partial charge in [0.05, 0.1) is 20.3 Å². The number of benzene rings is 4. The summed E-state index contributed by atoms with van der Waals surface area (Å²) in [4.78, 5) is 18.5. The Morgan fingerprint density at radius 2 is 1.52 bits per heavy atom. The molecule has 2 aliphatic heterocycles. The molecular weight excluding hydrogens is 546 g/mol. The second kappa shape index (κ2) is 13.9. The fraction of sp³-hybridized carbons (Fsp3) is 0.289. The number of amides is 1. The fourth-order valence-electron chi connectivity index (χ4n) is 6.39. The number of carbonyl (C=O) groups excluding carboxylic acids is 1. The second-order valence-corrected chi connectivity index (χ2v) is 11.6. The van der Waals surface area contributed by atoms with Crippen molar-refractivity contribution in [2.75, 3.05) is 33.9 Å². The molecule has 0 saturated carbocycles. The molecule has 0 unspecified atom stereocenters. The molecular formula is C38H41N3O3. The van der Waals surface area contributed by atoms with Crippen LogP contribution in [0.4, 0.5) is 0 Å². The molecule has 0 bridgehead atoms. The summed E-state index contributed by atoms with van der Waals surface area (Å²) >= 11 is 0. The number of ether oxygens (including phenoxy) is 2. The van der Waals surface area contributed by atoms with Gasteiger partial charge in [0.25, 0.3) is 0 Å². The van der Waals surface area contributed by atoms with Crippen molar-refractivity contribution < 1.29 is 14.3 Å². The molecule has 2 heterocycles. The zero-order chi connectivity index (χ0) is 30.3. The highest BCUT2D eigenvalue weighted by Gasteiger charge is 2.39. The van der Waals surface area contributed by atoms with Crippen molar-refractivity contribution in [2.45, 2.75) is 38.0 Å². The lowest BCUT2D eigenvalue weighted by Crippen LogP contribution is -2.47. The topological polar surface area (TPSA) is 54.0 Å². The van der Waals surface area contributed by atoms with E-state index >= 15 is 0 Å². The van der Waals surface area contributed by atoms with E-state index in [1.54, 1.807) is 14.2 Å². The molecule has 0 radical (unpaired) electrons. The van der Waals surface area contributed by atoms with Gasteiger partial charge in [0, 0.05) is 38.8 Å². The summed E-state index contributed by atoms with van der Waals surface area (Å²) in [6.45, 7) is 3.62. The molecule has 44 heavy (non-hydrogen) atoms. The average molecular weight is 588 g/mol. The molecule has 1 fully saturated rings. The third-order valence-electron chi connectivity index (χ3n) is 8.82. The minimum Gasteiger partial charge on any atom is -0.493 e. The molecule has 1 saturated heterocycles. The van der Waals surface area contributed by atoms with Crippen LogP contribution in [-0.4, -0.2) is 61.6 Å². The third kappa shape index (κ3) is 6.88. The van der Waals surface area contributed by atoms with Crippen LogP contribution in [0.2, 0.25) is 0 Å². The summed E-state index contributed by atoms with van der Waals surface area (Å²) in [5.74, 6) is 1.65. The van der Waals surface area contributed by atoms with Gasteiger partial charge >= 0.3 is 0 Å². The second-order valence-electron chi connectivity index (χ2n) is 11.6. The largest absolute Gasteiger partial charge is 0.493 e. The predicted molar refractivity (Wildman–Crippen MR) is 177 cm³/mol. The van der Waals surface area contributed by atoms with Crippen LogP contribution in [0.3, 0.4) is 0 Å². The van der Waals surface area contributed by atoms with Gasteiger partial charge in [-0.1, -0.05) is 97.1 Å². The molecule has 226 valence electrons. The van der Waals surface area contributed by atoms with Gasteiger partial charge < -0.3 is 19.7 Å². The van der Waals surface area contributed by atoms with Crippen molar-refractivity contribution >= 4 is 12.0 Å². The summed E-state index contributed by atoms with van der Waals surface area (Å²) in [6, 6.07) is 33.7. The summed E-state index contributed by atoms with van der Waals surface area (Å²) in [5.41, 5.74) is 7.20. The lowest BCUT2D eigenvalue weighted by Gasteiger charge is -2.33. The van der Waals surface area contributed by atoms with Gasteiger partial charge in [-0.15, -0.1) is 0 Å². The summed E-state index contributed by atoms with van der Waals surface area (Å²) in [7, 11) is 3.31.